The largest absolute Gasteiger partial charge is 0.481 e. The van der Waals surface area contributed by atoms with Crippen molar-refractivity contribution in [2.75, 3.05) is 32.1 Å². The highest BCUT2D eigenvalue weighted by atomic mass is 35.5. The van der Waals surface area contributed by atoms with Gasteiger partial charge in [-0.1, -0.05) is 53.5 Å². The van der Waals surface area contributed by atoms with E-state index in [1.807, 2.05) is 30.3 Å². The van der Waals surface area contributed by atoms with Crippen LogP contribution in [-0.2, 0) is 22.7 Å². The Hall–Kier alpha value is -4.29. The number of amides is 2. The molecule has 0 saturated carbocycles. The molecule has 4 N–H and O–H groups in total. The zero-order valence-corrected chi connectivity index (χ0v) is 28.4. The summed E-state index contributed by atoms with van der Waals surface area (Å²) < 4.78 is 21.4. The molecule has 3 fully saturated rings. The average molecular weight is 705 g/mol. The van der Waals surface area contributed by atoms with Gasteiger partial charge in [0.2, 0.25) is 17.7 Å². The first-order valence-electron chi connectivity index (χ1n) is 16.3. The first kappa shape index (κ1) is 33.2. The molecule has 1 spiro atoms. The lowest BCUT2D eigenvalue weighted by Gasteiger charge is -2.48. The summed E-state index contributed by atoms with van der Waals surface area (Å²) in [7, 11) is 1.57. The Labute approximate surface area is 293 Å². The van der Waals surface area contributed by atoms with E-state index in [1.54, 1.807) is 37.6 Å². The molecular weight excluding hydrogens is 668 g/mol. The van der Waals surface area contributed by atoms with Gasteiger partial charge in [-0.3, -0.25) is 19.5 Å². The molecule has 7 rings (SSSR count). The molecule has 1 unspecified atom stereocenters. The second-order valence-corrected chi connectivity index (χ2v) is 13.6. The van der Waals surface area contributed by atoms with Gasteiger partial charge in [-0.2, -0.15) is 0 Å². The van der Waals surface area contributed by atoms with Gasteiger partial charge in [0.05, 0.1) is 45.5 Å². The van der Waals surface area contributed by atoms with E-state index in [0.717, 1.165) is 18.4 Å². The molecule has 3 aliphatic heterocycles. The fourth-order valence-corrected chi connectivity index (χ4v) is 7.47. The van der Waals surface area contributed by atoms with Gasteiger partial charge in [-0.05, 0) is 37.1 Å². The van der Waals surface area contributed by atoms with Gasteiger partial charge in [-0.15, -0.1) is 0 Å². The molecule has 2 aromatic carbocycles. The summed E-state index contributed by atoms with van der Waals surface area (Å²) >= 11 is 13.9. The third kappa shape index (κ3) is 6.94. The highest BCUT2D eigenvalue weighted by Gasteiger charge is 2.47. The molecule has 2 aromatic heterocycles. The van der Waals surface area contributed by atoms with Gasteiger partial charge in [0.15, 0.2) is 5.82 Å². The van der Waals surface area contributed by atoms with Gasteiger partial charge in [-0.25, -0.2) is 9.37 Å². The molecule has 5 heterocycles. The average Bonchev–Trinajstić information content (AvgIpc) is 3.69. The van der Waals surface area contributed by atoms with Crippen molar-refractivity contribution in [2.24, 2.45) is 0 Å². The molecule has 0 radical (unpaired) electrons. The van der Waals surface area contributed by atoms with Gasteiger partial charge in [0, 0.05) is 80.1 Å². The SMILES string of the molecule is COc1nc(-c2ccnc(-c3cccc(Nc4cccc(CN5CC6(CCC(=O)N6)C5)c4F)c3Cl)c2Cl)ccc1CNCC1CCC(=O)N1. The fraction of sp³-hybridized carbons (Fsp3) is 0.333. The number of pyridine rings is 2. The Balaban J connectivity index is 1.07. The quantitative estimate of drug-likeness (QED) is 0.154. The number of ether oxygens (including phenoxy) is 1. The number of hydrogen-bond donors (Lipinski definition) is 4. The molecule has 3 saturated heterocycles. The number of benzene rings is 2. The van der Waals surface area contributed by atoms with Crippen LogP contribution >= 0.6 is 23.2 Å². The zero-order chi connectivity index (χ0) is 34.1. The molecule has 0 aliphatic carbocycles. The minimum atomic E-state index is -0.359. The Morgan fingerprint density at radius 1 is 0.980 bits per heavy atom. The summed E-state index contributed by atoms with van der Waals surface area (Å²) in [5, 5.41) is 13.3. The summed E-state index contributed by atoms with van der Waals surface area (Å²) in [6, 6.07) is 16.4. The first-order chi connectivity index (χ1) is 23.7. The lowest BCUT2D eigenvalue weighted by atomic mass is 9.88. The van der Waals surface area contributed by atoms with E-state index in [-0.39, 0.29) is 29.2 Å². The third-order valence-corrected chi connectivity index (χ3v) is 10.2. The van der Waals surface area contributed by atoms with Crippen molar-refractivity contribution in [3.8, 4) is 28.4 Å². The predicted octanol–water partition coefficient (Wildman–Crippen LogP) is 5.84. The van der Waals surface area contributed by atoms with E-state index in [4.69, 9.17) is 32.9 Å². The van der Waals surface area contributed by atoms with Crippen molar-refractivity contribution in [1.82, 2.24) is 30.8 Å². The summed E-state index contributed by atoms with van der Waals surface area (Å²) in [4.78, 5) is 34.6. The Morgan fingerprint density at radius 2 is 1.80 bits per heavy atom. The van der Waals surface area contributed by atoms with Crippen molar-refractivity contribution < 1.29 is 18.7 Å². The number of methoxy groups -OCH3 is 1. The minimum Gasteiger partial charge on any atom is -0.481 e. The molecule has 3 aliphatic rings. The monoisotopic (exact) mass is 703 g/mol. The highest BCUT2D eigenvalue weighted by molar-refractivity contribution is 6.39. The smallest absolute Gasteiger partial charge is 0.220 e. The number of aromatic nitrogens is 2. The maximum absolute atomic E-state index is 15.7. The first-order valence-corrected chi connectivity index (χ1v) is 17.0. The van der Waals surface area contributed by atoms with Gasteiger partial charge in [0.25, 0.3) is 0 Å². The fourth-order valence-electron chi connectivity index (χ4n) is 6.90. The summed E-state index contributed by atoms with van der Waals surface area (Å²) in [6.07, 6.45) is 4.39. The predicted molar refractivity (Wildman–Crippen MR) is 187 cm³/mol. The second-order valence-electron chi connectivity index (χ2n) is 12.9. The standard InChI is InChI=1S/C36H36Cl2FN7O3/c1-49-35-21(16-40-17-23-9-11-29(47)42-23)8-10-26(44-35)24-13-15-41-34(32(24)38)25-5-3-6-27(31(25)37)43-28-7-2-4-22(33(28)39)18-46-19-36(20-46)14-12-30(48)45-36/h2-8,10,13,15,23,40,43H,9,11-12,14,16-20H2,1H3,(H,42,47)(H,45,48). The number of nitrogens with zero attached hydrogens (tertiary/aromatic N) is 3. The number of halogens is 3. The normalized spacial score (nSPS) is 18.3. The Morgan fingerprint density at radius 3 is 2.55 bits per heavy atom. The van der Waals surface area contributed by atoms with Crippen molar-refractivity contribution in [2.45, 2.75) is 50.4 Å². The van der Waals surface area contributed by atoms with Crippen LogP contribution < -0.4 is 26.0 Å². The maximum atomic E-state index is 15.7. The van der Waals surface area contributed by atoms with Crippen LogP contribution in [0.5, 0.6) is 5.88 Å². The van der Waals surface area contributed by atoms with Gasteiger partial charge < -0.3 is 26.0 Å². The number of anilines is 2. The zero-order valence-electron chi connectivity index (χ0n) is 26.9. The van der Waals surface area contributed by atoms with Gasteiger partial charge in [0.1, 0.15) is 0 Å². The number of hydrogen-bond acceptors (Lipinski definition) is 8. The van der Waals surface area contributed by atoms with Crippen molar-refractivity contribution in [3.05, 3.63) is 87.8 Å². The number of likely N-dealkylation sites (tertiary alicyclic amines) is 1. The van der Waals surface area contributed by atoms with Crippen LogP contribution in [0.15, 0.2) is 60.8 Å². The van der Waals surface area contributed by atoms with Crippen LogP contribution in [-0.4, -0.2) is 65.0 Å². The van der Waals surface area contributed by atoms with E-state index in [0.29, 0.717) is 101 Å². The Kier molecular flexibility index (Phi) is 9.43. The molecule has 10 nitrogen and oxygen atoms in total. The molecule has 2 amide bonds. The third-order valence-electron chi connectivity index (χ3n) is 9.37. The lowest BCUT2D eigenvalue weighted by Crippen LogP contribution is -2.66. The summed E-state index contributed by atoms with van der Waals surface area (Å²) in [6.45, 7) is 3.04. The second kappa shape index (κ2) is 13.9. The van der Waals surface area contributed by atoms with E-state index < -0.39 is 0 Å². The van der Waals surface area contributed by atoms with E-state index >= 15 is 4.39 Å². The van der Waals surface area contributed by atoms with Crippen LogP contribution in [0.3, 0.4) is 0 Å². The molecule has 0 bridgehead atoms. The van der Waals surface area contributed by atoms with Crippen molar-refractivity contribution in [3.63, 3.8) is 0 Å². The molecule has 1 atom stereocenters. The van der Waals surface area contributed by atoms with E-state index in [1.165, 1.54) is 0 Å². The Bertz CT molecular complexity index is 1920. The minimum absolute atomic E-state index is 0.0848. The molecular formula is C36H36Cl2FN7O3. The van der Waals surface area contributed by atoms with Crippen molar-refractivity contribution >= 4 is 46.4 Å². The number of rotatable bonds is 11. The summed E-state index contributed by atoms with van der Waals surface area (Å²) in [5.41, 5.74) is 4.35. The van der Waals surface area contributed by atoms with Crippen LogP contribution in [0.1, 0.15) is 36.8 Å². The number of carbonyl (C=O) groups is 2. The molecule has 13 heteroatoms. The van der Waals surface area contributed by atoms with Crippen LogP contribution in [0, 0.1) is 5.82 Å². The summed E-state index contributed by atoms with van der Waals surface area (Å²) in [5.74, 6) is 0.273. The number of carbonyl (C=O) groups excluding carboxylic acids is 2. The van der Waals surface area contributed by atoms with E-state index in [9.17, 15) is 9.59 Å². The molecule has 254 valence electrons. The lowest BCUT2D eigenvalue weighted by molar-refractivity contribution is -0.121. The topological polar surface area (TPSA) is 121 Å². The van der Waals surface area contributed by atoms with Crippen molar-refractivity contribution in [1.29, 1.82) is 0 Å². The van der Waals surface area contributed by atoms with E-state index in [2.05, 4.69) is 31.2 Å². The molecule has 49 heavy (non-hydrogen) atoms. The van der Waals surface area contributed by atoms with Gasteiger partial charge >= 0.3 is 0 Å². The maximum Gasteiger partial charge on any atom is 0.220 e. The van der Waals surface area contributed by atoms with Crippen LogP contribution in [0.2, 0.25) is 10.0 Å². The molecule has 4 aromatic rings. The number of nitrogens with one attached hydrogen (secondary N) is 4. The van der Waals surface area contributed by atoms with Crippen LogP contribution in [0.25, 0.3) is 22.5 Å². The van der Waals surface area contributed by atoms with Crippen LogP contribution in [0.4, 0.5) is 15.8 Å². The highest BCUT2D eigenvalue weighted by Crippen LogP contribution is 2.41.